The summed E-state index contributed by atoms with van der Waals surface area (Å²) in [5.74, 6) is -0.547. The molecule has 0 aliphatic carbocycles. The number of hydrogen-bond acceptors (Lipinski definition) is 5. The van der Waals surface area contributed by atoms with Crippen molar-refractivity contribution in [2.75, 3.05) is 37.8 Å². The van der Waals surface area contributed by atoms with Gasteiger partial charge < -0.3 is 15.5 Å². The van der Waals surface area contributed by atoms with Gasteiger partial charge in [0, 0.05) is 24.8 Å². The number of halogens is 6. The van der Waals surface area contributed by atoms with E-state index in [-0.39, 0.29) is 29.6 Å². The number of aromatic nitrogens is 2. The van der Waals surface area contributed by atoms with Crippen LogP contribution in [0.15, 0.2) is 24.3 Å². The van der Waals surface area contributed by atoms with Gasteiger partial charge in [0.2, 0.25) is 5.95 Å². The lowest BCUT2D eigenvalue weighted by Gasteiger charge is -2.15. The number of nitrogens with one attached hydrogen (secondary N) is 2. The predicted octanol–water partition coefficient (Wildman–Crippen LogP) is 4.54. The van der Waals surface area contributed by atoms with Gasteiger partial charge in [-0.1, -0.05) is 6.07 Å². The monoisotopic (exact) mass is 407 g/mol. The second kappa shape index (κ2) is 8.21. The van der Waals surface area contributed by atoms with Crippen LogP contribution in [0.1, 0.15) is 16.8 Å². The Hall–Kier alpha value is -2.56. The zero-order valence-electron chi connectivity index (χ0n) is 15.3. The third kappa shape index (κ3) is 5.98. The normalized spacial score (nSPS) is 12.4. The number of likely N-dealkylation sites (N-methyl/N-ethyl adjacent to an activating group) is 1. The maximum Gasteiger partial charge on any atom is 0.433 e. The molecule has 2 rings (SSSR count). The van der Waals surface area contributed by atoms with Crippen LogP contribution in [0, 0.1) is 6.92 Å². The Kier molecular flexibility index (Phi) is 6.37. The van der Waals surface area contributed by atoms with Crippen LogP contribution in [0.25, 0.3) is 0 Å². The Morgan fingerprint density at radius 1 is 0.964 bits per heavy atom. The summed E-state index contributed by atoms with van der Waals surface area (Å²) in [6, 6.07) is 4.03. The lowest BCUT2D eigenvalue weighted by molar-refractivity contribution is -0.141. The van der Waals surface area contributed by atoms with Gasteiger partial charge in [0.15, 0.2) is 5.69 Å². The van der Waals surface area contributed by atoms with Crippen LogP contribution >= 0.6 is 0 Å². The Bertz CT molecular complexity index is 817. The van der Waals surface area contributed by atoms with Crippen LogP contribution in [-0.2, 0) is 12.4 Å². The van der Waals surface area contributed by atoms with Crippen molar-refractivity contribution in [2.45, 2.75) is 19.3 Å². The van der Waals surface area contributed by atoms with Crippen LogP contribution < -0.4 is 10.6 Å². The van der Waals surface area contributed by atoms with Crippen molar-refractivity contribution in [2.24, 2.45) is 0 Å². The molecule has 5 nitrogen and oxygen atoms in total. The van der Waals surface area contributed by atoms with E-state index < -0.39 is 23.6 Å². The number of hydrogen-bond donors (Lipinski definition) is 2. The van der Waals surface area contributed by atoms with Crippen molar-refractivity contribution in [3.63, 3.8) is 0 Å². The summed E-state index contributed by atoms with van der Waals surface area (Å²) < 4.78 is 78.4. The fourth-order valence-corrected chi connectivity index (χ4v) is 2.28. The summed E-state index contributed by atoms with van der Waals surface area (Å²) in [6.07, 6.45) is -9.31. The average molecular weight is 407 g/mol. The molecule has 0 amide bonds. The van der Waals surface area contributed by atoms with Gasteiger partial charge in [-0.2, -0.15) is 31.3 Å². The van der Waals surface area contributed by atoms with E-state index in [4.69, 9.17) is 0 Å². The van der Waals surface area contributed by atoms with Gasteiger partial charge in [-0.25, -0.2) is 4.98 Å². The second-order valence-electron chi connectivity index (χ2n) is 6.34. The summed E-state index contributed by atoms with van der Waals surface area (Å²) >= 11 is 0. The highest BCUT2D eigenvalue weighted by atomic mass is 19.4. The van der Waals surface area contributed by atoms with E-state index in [1.54, 1.807) is 14.1 Å². The molecular formula is C17H19F6N5. The molecule has 1 heterocycles. The molecule has 0 saturated carbocycles. The molecule has 0 saturated heterocycles. The lowest BCUT2D eigenvalue weighted by atomic mass is 10.1. The lowest BCUT2D eigenvalue weighted by Crippen LogP contribution is -2.22. The molecule has 0 aliphatic rings. The molecule has 0 fully saturated rings. The first-order valence-corrected chi connectivity index (χ1v) is 8.16. The molecular weight excluding hydrogens is 388 g/mol. The molecule has 0 spiro atoms. The molecule has 11 heteroatoms. The van der Waals surface area contributed by atoms with Crippen molar-refractivity contribution in [1.82, 2.24) is 14.9 Å². The zero-order chi connectivity index (χ0) is 21.1. The van der Waals surface area contributed by atoms with E-state index in [1.165, 1.54) is 19.1 Å². The van der Waals surface area contributed by atoms with Gasteiger partial charge >= 0.3 is 12.4 Å². The summed E-state index contributed by atoms with van der Waals surface area (Å²) in [6.45, 7) is 2.11. The van der Waals surface area contributed by atoms with Crippen LogP contribution in [-0.4, -0.2) is 42.1 Å². The quantitative estimate of drug-likeness (QED) is 0.689. The van der Waals surface area contributed by atoms with Gasteiger partial charge in [0.25, 0.3) is 0 Å². The topological polar surface area (TPSA) is 53.1 Å². The van der Waals surface area contributed by atoms with Gasteiger partial charge in [-0.3, -0.25) is 0 Å². The summed E-state index contributed by atoms with van der Waals surface area (Å²) in [5.41, 5.74) is -2.13. The largest absolute Gasteiger partial charge is 0.433 e. The SMILES string of the molecule is Cc1ccc(Nc2cc(C(F)(F)F)nc(NCCN(C)C)n2)cc1C(F)(F)F. The van der Waals surface area contributed by atoms with E-state index in [9.17, 15) is 26.3 Å². The third-order valence-corrected chi connectivity index (χ3v) is 3.67. The molecule has 1 aromatic carbocycles. The highest BCUT2D eigenvalue weighted by molar-refractivity contribution is 5.60. The van der Waals surface area contributed by atoms with E-state index >= 15 is 0 Å². The van der Waals surface area contributed by atoms with Crippen LogP contribution in [0.4, 0.5) is 43.8 Å². The summed E-state index contributed by atoms with van der Waals surface area (Å²) in [5, 5.41) is 5.17. The van der Waals surface area contributed by atoms with Crippen molar-refractivity contribution in [3.8, 4) is 0 Å². The summed E-state index contributed by atoms with van der Waals surface area (Å²) in [4.78, 5) is 9.16. The number of benzene rings is 1. The Balaban J connectivity index is 2.34. The molecule has 0 bridgehead atoms. The number of rotatable bonds is 6. The maximum atomic E-state index is 13.1. The van der Waals surface area contributed by atoms with Crippen LogP contribution in [0.5, 0.6) is 0 Å². The minimum atomic E-state index is -4.73. The molecule has 1 aromatic heterocycles. The smallest absolute Gasteiger partial charge is 0.353 e. The first-order valence-electron chi connectivity index (χ1n) is 8.16. The predicted molar refractivity (Wildman–Crippen MR) is 93.5 cm³/mol. The number of anilines is 3. The Labute approximate surface area is 157 Å². The van der Waals surface area contributed by atoms with Gasteiger partial charge in [0.1, 0.15) is 5.82 Å². The molecule has 0 atom stereocenters. The van der Waals surface area contributed by atoms with Crippen LogP contribution in [0.2, 0.25) is 0 Å². The third-order valence-electron chi connectivity index (χ3n) is 3.67. The van der Waals surface area contributed by atoms with Gasteiger partial charge in [0.05, 0.1) is 5.56 Å². The van der Waals surface area contributed by atoms with E-state index in [1.807, 2.05) is 4.90 Å². The van der Waals surface area contributed by atoms with E-state index in [0.29, 0.717) is 12.6 Å². The molecule has 154 valence electrons. The van der Waals surface area contributed by atoms with Gasteiger partial charge in [-0.15, -0.1) is 0 Å². The molecule has 0 unspecified atom stereocenters. The number of aryl methyl sites for hydroxylation is 1. The molecule has 2 N–H and O–H groups in total. The van der Waals surface area contributed by atoms with E-state index in [2.05, 4.69) is 20.6 Å². The number of alkyl halides is 6. The fourth-order valence-electron chi connectivity index (χ4n) is 2.28. The minimum Gasteiger partial charge on any atom is -0.353 e. The van der Waals surface area contributed by atoms with E-state index in [0.717, 1.165) is 6.07 Å². The summed E-state index contributed by atoms with van der Waals surface area (Å²) in [7, 11) is 3.58. The highest BCUT2D eigenvalue weighted by Crippen LogP contribution is 2.35. The molecule has 0 aliphatic heterocycles. The van der Waals surface area contributed by atoms with Crippen molar-refractivity contribution < 1.29 is 26.3 Å². The van der Waals surface area contributed by atoms with Crippen molar-refractivity contribution in [3.05, 3.63) is 41.1 Å². The van der Waals surface area contributed by atoms with Crippen LogP contribution in [0.3, 0.4) is 0 Å². The standard InChI is InChI=1S/C17H19F6N5/c1-10-4-5-11(8-12(10)16(18,19)20)25-14-9-13(17(21,22)23)26-15(27-14)24-6-7-28(2)3/h4-5,8-9H,6-7H2,1-3H3,(H2,24,25,26,27). The molecule has 2 aromatic rings. The first-order chi connectivity index (χ1) is 12.9. The Morgan fingerprint density at radius 2 is 1.64 bits per heavy atom. The minimum absolute atomic E-state index is 0.00255. The fraction of sp³-hybridized carbons (Fsp3) is 0.412. The van der Waals surface area contributed by atoms with Crippen molar-refractivity contribution in [1.29, 1.82) is 0 Å². The van der Waals surface area contributed by atoms with Crippen molar-refractivity contribution >= 4 is 17.5 Å². The Morgan fingerprint density at radius 3 is 2.21 bits per heavy atom. The average Bonchev–Trinajstić information content (AvgIpc) is 2.54. The zero-order valence-corrected chi connectivity index (χ0v) is 15.3. The first kappa shape index (κ1) is 21.7. The number of nitrogens with zero attached hydrogens (tertiary/aromatic N) is 3. The highest BCUT2D eigenvalue weighted by Gasteiger charge is 2.34. The molecule has 0 radical (unpaired) electrons. The molecule has 28 heavy (non-hydrogen) atoms. The second-order valence-corrected chi connectivity index (χ2v) is 6.34. The van der Waals surface area contributed by atoms with Gasteiger partial charge in [-0.05, 0) is 38.7 Å². The maximum absolute atomic E-state index is 13.1.